The van der Waals surface area contributed by atoms with E-state index >= 15 is 0 Å². The number of carbonyl (C=O) groups excluding carboxylic acids is 1. The number of amides is 1. The van der Waals surface area contributed by atoms with Crippen molar-refractivity contribution >= 4 is 37.3 Å². The normalized spacial score (nSPS) is 11.7. The fourth-order valence-corrected chi connectivity index (χ4v) is 4.84. The lowest BCUT2D eigenvalue weighted by Crippen LogP contribution is -2.23. The van der Waals surface area contributed by atoms with E-state index in [1.54, 1.807) is 12.1 Å². The van der Waals surface area contributed by atoms with Crippen molar-refractivity contribution in [1.29, 1.82) is 0 Å². The number of furan rings is 1. The van der Waals surface area contributed by atoms with Crippen LogP contribution in [0, 0.1) is 0 Å². The predicted molar refractivity (Wildman–Crippen MR) is 117 cm³/mol. The van der Waals surface area contributed by atoms with Crippen molar-refractivity contribution in [3.8, 4) is 5.75 Å². The molecule has 12 heteroatoms. The van der Waals surface area contributed by atoms with Crippen molar-refractivity contribution in [3.63, 3.8) is 0 Å². The Kier molecular flexibility index (Phi) is 6.87. The summed E-state index contributed by atoms with van der Waals surface area (Å²) in [5.41, 5.74) is 0.366. The van der Waals surface area contributed by atoms with E-state index in [1.165, 1.54) is 62.8 Å². The summed E-state index contributed by atoms with van der Waals surface area (Å²) in [5.74, 6) is 0.249. The first-order chi connectivity index (χ1) is 15.1. The molecule has 0 unspecified atom stereocenters. The second-order valence-electron chi connectivity index (χ2n) is 6.58. The van der Waals surface area contributed by atoms with Crippen molar-refractivity contribution in [2.45, 2.75) is 23.3 Å². The maximum atomic E-state index is 12.8. The van der Waals surface area contributed by atoms with Gasteiger partial charge in [-0.15, -0.1) is 0 Å². The fourth-order valence-electron chi connectivity index (χ4n) is 2.74. The zero-order valence-corrected chi connectivity index (χ0v) is 18.8. The maximum absolute atomic E-state index is 12.8. The largest absolute Gasteiger partial charge is 0.495 e. The number of benzene rings is 2. The molecule has 10 nitrogen and oxygen atoms in total. The number of hydrogen-bond donors (Lipinski definition) is 3. The Morgan fingerprint density at radius 1 is 0.969 bits per heavy atom. The molecule has 0 radical (unpaired) electrons. The van der Waals surface area contributed by atoms with Gasteiger partial charge in [0.15, 0.2) is 0 Å². The minimum Gasteiger partial charge on any atom is -0.495 e. The summed E-state index contributed by atoms with van der Waals surface area (Å²) >= 11 is 0. The smallest absolute Gasteiger partial charge is 0.262 e. The first-order valence-corrected chi connectivity index (χ1v) is 12.2. The zero-order chi connectivity index (χ0) is 23.4. The third-order valence-electron chi connectivity index (χ3n) is 4.21. The van der Waals surface area contributed by atoms with Crippen molar-refractivity contribution in [3.05, 3.63) is 66.6 Å². The Balaban J connectivity index is 1.81. The summed E-state index contributed by atoms with van der Waals surface area (Å²) in [6, 6.07) is 12.6. The van der Waals surface area contributed by atoms with Gasteiger partial charge in [0.1, 0.15) is 11.5 Å². The summed E-state index contributed by atoms with van der Waals surface area (Å²) in [5, 5.41) is 2.54. The Labute approximate surface area is 185 Å². The molecule has 0 aliphatic rings. The molecule has 0 aliphatic heterocycles. The molecule has 0 bridgehead atoms. The predicted octanol–water partition coefficient (Wildman–Crippen LogP) is 2.53. The monoisotopic (exact) mass is 479 g/mol. The maximum Gasteiger partial charge on any atom is 0.262 e. The van der Waals surface area contributed by atoms with Gasteiger partial charge in [-0.1, -0.05) is 6.07 Å². The molecule has 1 amide bonds. The topological polar surface area (TPSA) is 144 Å². The van der Waals surface area contributed by atoms with E-state index in [1.807, 2.05) is 0 Å². The van der Waals surface area contributed by atoms with Gasteiger partial charge in [0, 0.05) is 13.0 Å². The van der Waals surface area contributed by atoms with E-state index in [0.29, 0.717) is 11.4 Å². The first kappa shape index (κ1) is 23.3. The molecule has 170 valence electrons. The van der Waals surface area contributed by atoms with Crippen molar-refractivity contribution < 1.29 is 30.8 Å². The molecular formula is C20H21N3O7S2. The number of anilines is 2. The van der Waals surface area contributed by atoms with Gasteiger partial charge in [-0.3, -0.25) is 9.52 Å². The molecule has 2 aromatic carbocycles. The highest BCUT2D eigenvalue weighted by molar-refractivity contribution is 7.92. The average Bonchev–Trinajstić information content (AvgIpc) is 3.26. The van der Waals surface area contributed by atoms with Crippen LogP contribution < -0.4 is 19.5 Å². The molecule has 1 aromatic heterocycles. The van der Waals surface area contributed by atoms with Crippen molar-refractivity contribution in [2.75, 3.05) is 17.1 Å². The number of methoxy groups -OCH3 is 1. The standard InChI is InChI=1S/C20H21N3O7S2/c1-14(24)22-19-9-8-18(12-20(19)29-2)32(27,28)23-15-5-3-7-17(11-15)31(25,26)21-13-16-6-4-10-30-16/h3-12,21,23H,13H2,1-2H3,(H,22,24). The SMILES string of the molecule is COc1cc(S(=O)(=O)Nc2cccc(S(=O)(=O)NCc3ccco3)c2)ccc1NC(C)=O. The van der Waals surface area contributed by atoms with Gasteiger partial charge >= 0.3 is 0 Å². The van der Waals surface area contributed by atoms with Crippen LogP contribution in [0.1, 0.15) is 12.7 Å². The molecule has 3 aromatic rings. The van der Waals surface area contributed by atoms with Crippen LogP contribution in [0.25, 0.3) is 0 Å². The van der Waals surface area contributed by atoms with E-state index in [9.17, 15) is 21.6 Å². The first-order valence-electron chi connectivity index (χ1n) is 9.21. The van der Waals surface area contributed by atoms with Crippen LogP contribution in [0.5, 0.6) is 5.75 Å². The molecule has 0 atom stereocenters. The number of nitrogens with one attached hydrogen (secondary N) is 3. The number of ether oxygens (including phenoxy) is 1. The van der Waals surface area contributed by atoms with Gasteiger partial charge < -0.3 is 14.5 Å². The highest BCUT2D eigenvalue weighted by atomic mass is 32.2. The van der Waals surface area contributed by atoms with Gasteiger partial charge in [-0.05, 0) is 42.5 Å². The van der Waals surface area contributed by atoms with Crippen molar-refractivity contribution in [1.82, 2.24) is 4.72 Å². The number of sulfonamides is 2. The lowest BCUT2D eigenvalue weighted by Gasteiger charge is -2.13. The summed E-state index contributed by atoms with van der Waals surface area (Å²) < 4.78 is 65.7. The number of hydrogen-bond acceptors (Lipinski definition) is 7. The van der Waals surface area contributed by atoms with Gasteiger partial charge in [0.05, 0.1) is 41.1 Å². The molecule has 0 spiro atoms. The number of carbonyl (C=O) groups is 1. The molecule has 1 heterocycles. The van der Waals surface area contributed by atoms with Gasteiger partial charge in [-0.2, -0.15) is 0 Å². The van der Waals surface area contributed by atoms with E-state index < -0.39 is 20.0 Å². The van der Waals surface area contributed by atoms with Crippen LogP contribution >= 0.6 is 0 Å². The average molecular weight is 480 g/mol. The van der Waals surface area contributed by atoms with Crippen molar-refractivity contribution in [2.24, 2.45) is 0 Å². The molecule has 0 fully saturated rings. The Hall–Kier alpha value is -3.35. The molecular weight excluding hydrogens is 458 g/mol. The van der Waals surface area contributed by atoms with Crippen LogP contribution in [0.3, 0.4) is 0 Å². The highest BCUT2D eigenvalue weighted by Crippen LogP contribution is 2.29. The van der Waals surface area contributed by atoms with Crippen LogP contribution in [0.15, 0.2) is 75.1 Å². The van der Waals surface area contributed by atoms with Crippen LogP contribution in [-0.2, 0) is 31.4 Å². The minimum absolute atomic E-state index is 0.0499. The van der Waals surface area contributed by atoms with Gasteiger partial charge in [0.2, 0.25) is 15.9 Å². The third kappa shape index (κ3) is 5.66. The second kappa shape index (κ2) is 9.42. The van der Waals surface area contributed by atoms with Crippen LogP contribution in [0.4, 0.5) is 11.4 Å². The Morgan fingerprint density at radius 2 is 1.72 bits per heavy atom. The van der Waals surface area contributed by atoms with E-state index in [0.717, 1.165) is 0 Å². The zero-order valence-electron chi connectivity index (χ0n) is 17.2. The lowest BCUT2D eigenvalue weighted by atomic mass is 10.3. The van der Waals surface area contributed by atoms with E-state index in [4.69, 9.17) is 9.15 Å². The molecule has 0 saturated heterocycles. The fraction of sp³-hybridized carbons (Fsp3) is 0.150. The lowest BCUT2D eigenvalue weighted by molar-refractivity contribution is -0.114. The molecule has 3 N–H and O–H groups in total. The van der Waals surface area contributed by atoms with E-state index in [2.05, 4.69) is 14.8 Å². The molecule has 0 aliphatic carbocycles. The Morgan fingerprint density at radius 3 is 2.38 bits per heavy atom. The third-order valence-corrected chi connectivity index (χ3v) is 6.98. The van der Waals surface area contributed by atoms with Crippen LogP contribution in [0.2, 0.25) is 0 Å². The van der Waals surface area contributed by atoms with Gasteiger partial charge in [-0.25, -0.2) is 21.6 Å². The summed E-state index contributed by atoms with van der Waals surface area (Å²) in [4.78, 5) is 11.0. The van der Waals surface area contributed by atoms with E-state index in [-0.39, 0.29) is 33.7 Å². The van der Waals surface area contributed by atoms with Crippen LogP contribution in [-0.4, -0.2) is 29.9 Å². The second-order valence-corrected chi connectivity index (χ2v) is 10.0. The molecule has 0 saturated carbocycles. The molecule has 32 heavy (non-hydrogen) atoms. The quantitative estimate of drug-likeness (QED) is 0.428. The Bertz CT molecular complexity index is 1320. The molecule has 3 rings (SSSR count). The van der Waals surface area contributed by atoms with Gasteiger partial charge in [0.25, 0.3) is 10.0 Å². The summed E-state index contributed by atoms with van der Waals surface area (Å²) in [6.45, 7) is 1.27. The number of rotatable bonds is 9. The summed E-state index contributed by atoms with van der Waals surface area (Å²) in [7, 11) is -6.64. The minimum atomic E-state index is -4.07. The summed E-state index contributed by atoms with van der Waals surface area (Å²) in [6.07, 6.45) is 1.43. The highest BCUT2D eigenvalue weighted by Gasteiger charge is 2.20.